The minimum absolute atomic E-state index is 0. The predicted octanol–water partition coefficient (Wildman–Crippen LogP) is 2.49. The third-order valence-electron chi connectivity index (χ3n) is 7.99. The maximum atomic E-state index is 11.3. The van der Waals surface area contributed by atoms with Crippen molar-refractivity contribution in [3.8, 4) is 22.9 Å². The zero-order chi connectivity index (χ0) is 29.0. The van der Waals surface area contributed by atoms with Crippen LogP contribution in [0.3, 0.4) is 0 Å². The van der Waals surface area contributed by atoms with Crippen molar-refractivity contribution in [2.75, 3.05) is 64.8 Å². The summed E-state index contributed by atoms with van der Waals surface area (Å²) in [5.74, 6) is 2.66. The molecular formula is C31H39Cl3N6O2. The Morgan fingerprint density at radius 1 is 1.02 bits per heavy atom. The van der Waals surface area contributed by atoms with Crippen molar-refractivity contribution in [3.63, 3.8) is 0 Å². The number of carbonyl (C=O) groups is 1. The van der Waals surface area contributed by atoms with Gasteiger partial charge in [-0.25, -0.2) is 9.97 Å². The van der Waals surface area contributed by atoms with Crippen LogP contribution in [0.2, 0.25) is 10.0 Å². The number of anilines is 1. The largest absolute Gasteiger partial charge is 1.00 e. The van der Waals surface area contributed by atoms with Gasteiger partial charge in [0.15, 0.2) is 0 Å². The standard InChI is InChI=1S/C31H38Cl2N6O2.ClH/c1-22(40)34-19-23-6-8-37(9-7-23)21-24-14-29(25-16-26(32)18-27(33)17-25)36-31(15-24)41-28-4-5-30(35-20-28)38-10-12-39(2,3)13-11-38;/h4-5,14-18,20,23H,6-13,19,21H2,1-3H3;1H. The average Bonchev–Trinajstić information content (AvgIpc) is 2.92. The number of rotatable bonds is 8. The van der Waals surface area contributed by atoms with Crippen molar-refractivity contribution >= 4 is 34.9 Å². The smallest absolute Gasteiger partial charge is 0.220 e. The van der Waals surface area contributed by atoms with Crippen LogP contribution in [-0.4, -0.2) is 85.2 Å². The second-order valence-corrected chi connectivity index (χ2v) is 12.7. The second-order valence-electron chi connectivity index (χ2n) is 11.8. The van der Waals surface area contributed by atoms with Crippen LogP contribution in [0.1, 0.15) is 25.3 Å². The summed E-state index contributed by atoms with van der Waals surface area (Å²) in [6, 6.07) is 13.5. The SMILES string of the molecule is CC(=O)NCC1CCN(Cc2cc(Oc3ccc(N4CC[N+](C)(C)CC4)nc3)nc(-c3cc(Cl)cc(Cl)c3)c2)CC1.[Cl-]. The van der Waals surface area contributed by atoms with Crippen LogP contribution < -0.4 is 27.4 Å². The zero-order valence-electron chi connectivity index (χ0n) is 24.5. The molecule has 8 nitrogen and oxygen atoms in total. The summed E-state index contributed by atoms with van der Waals surface area (Å²) in [5, 5.41) is 4.07. The fourth-order valence-corrected chi connectivity index (χ4v) is 5.95. The molecule has 2 aromatic heterocycles. The molecule has 1 aromatic carbocycles. The lowest BCUT2D eigenvalue weighted by molar-refractivity contribution is -0.890. The quantitative estimate of drug-likeness (QED) is 0.385. The highest BCUT2D eigenvalue weighted by Gasteiger charge is 2.25. The Kier molecular flexibility index (Phi) is 10.9. The summed E-state index contributed by atoms with van der Waals surface area (Å²) in [6.45, 7) is 9.20. The fraction of sp³-hybridized carbons (Fsp3) is 0.452. The highest BCUT2D eigenvalue weighted by atomic mass is 35.5. The normalized spacial score (nSPS) is 17.4. The van der Waals surface area contributed by atoms with E-state index in [1.54, 1.807) is 19.2 Å². The van der Waals surface area contributed by atoms with Crippen LogP contribution in [-0.2, 0) is 11.3 Å². The Labute approximate surface area is 265 Å². The molecule has 0 atom stereocenters. The molecule has 11 heteroatoms. The second kappa shape index (κ2) is 14.2. The number of carbonyl (C=O) groups excluding carboxylic acids is 1. The van der Waals surface area contributed by atoms with E-state index >= 15 is 0 Å². The molecule has 226 valence electrons. The molecule has 2 saturated heterocycles. The molecule has 2 fully saturated rings. The van der Waals surface area contributed by atoms with Crippen LogP contribution in [0, 0.1) is 5.92 Å². The molecule has 0 saturated carbocycles. The molecule has 0 bridgehead atoms. The van der Waals surface area contributed by atoms with Crippen molar-refractivity contribution in [1.82, 2.24) is 20.2 Å². The molecule has 2 aliphatic rings. The number of amides is 1. The number of piperidine rings is 1. The third-order valence-corrected chi connectivity index (χ3v) is 8.43. The first-order valence-electron chi connectivity index (χ1n) is 14.3. The van der Waals surface area contributed by atoms with Crippen molar-refractivity contribution in [2.24, 2.45) is 5.92 Å². The third kappa shape index (κ3) is 8.94. The van der Waals surface area contributed by atoms with Gasteiger partial charge in [0.05, 0.1) is 52.2 Å². The predicted molar refractivity (Wildman–Crippen MR) is 165 cm³/mol. The van der Waals surface area contributed by atoms with E-state index in [2.05, 4.69) is 35.3 Å². The van der Waals surface area contributed by atoms with E-state index in [0.717, 1.165) is 92.3 Å². The number of hydrogen-bond donors (Lipinski definition) is 1. The van der Waals surface area contributed by atoms with Crippen LogP contribution in [0.25, 0.3) is 11.3 Å². The van der Waals surface area contributed by atoms with Gasteiger partial charge in [-0.1, -0.05) is 23.2 Å². The van der Waals surface area contributed by atoms with E-state index in [9.17, 15) is 4.79 Å². The molecular weight excluding hydrogens is 595 g/mol. The summed E-state index contributed by atoms with van der Waals surface area (Å²) in [4.78, 5) is 25.6. The maximum absolute atomic E-state index is 11.3. The average molecular weight is 634 g/mol. The molecule has 0 aliphatic carbocycles. The van der Waals surface area contributed by atoms with Gasteiger partial charge in [-0.15, -0.1) is 0 Å². The number of quaternary nitrogens is 1. The maximum Gasteiger partial charge on any atom is 0.220 e. The van der Waals surface area contributed by atoms with Crippen molar-refractivity contribution in [2.45, 2.75) is 26.3 Å². The van der Waals surface area contributed by atoms with E-state index in [0.29, 0.717) is 27.6 Å². The van der Waals surface area contributed by atoms with Gasteiger partial charge in [-0.3, -0.25) is 9.69 Å². The molecule has 0 unspecified atom stereocenters. The number of nitrogens with one attached hydrogen (secondary N) is 1. The van der Waals surface area contributed by atoms with Gasteiger partial charge in [0.1, 0.15) is 11.6 Å². The Bertz CT molecular complexity index is 1330. The number of likely N-dealkylation sites (tertiary alicyclic amines) is 1. The molecule has 2 aliphatic heterocycles. The van der Waals surface area contributed by atoms with Gasteiger partial charge >= 0.3 is 0 Å². The Hall–Kier alpha value is -2.62. The summed E-state index contributed by atoms with van der Waals surface area (Å²) in [6.07, 6.45) is 3.88. The molecule has 0 spiro atoms. The fourth-order valence-electron chi connectivity index (χ4n) is 5.42. The summed E-state index contributed by atoms with van der Waals surface area (Å²) >= 11 is 12.7. The van der Waals surface area contributed by atoms with Crippen molar-refractivity contribution in [1.29, 1.82) is 0 Å². The highest BCUT2D eigenvalue weighted by Crippen LogP contribution is 2.31. The topological polar surface area (TPSA) is 70.6 Å². The number of likely N-dealkylation sites (N-methyl/N-ethyl adjacent to an activating group) is 1. The van der Waals surface area contributed by atoms with Crippen LogP contribution in [0.15, 0.2) is 48.7 Å². The summed E-state index contributed by atoms with van der Waals surface area (Å²) in [5.41, 5.74) is 2.68. The van der Waals surface area contributed by atoms with E-state index in [4.69, 9.17) is 37.9 Å². The minimum Gasteiger partial charge on any atom is -1.00 e. The molecule has 0 radical (unpaired) electrons. The highest BCUT2D eigenvalue weighted by molar-refractivity contribution is 6.35. The Balaban J connectivity index is 0.00000405. The first kappa shape index (κ1) is 32.3. The van der Waals surface area contributed by atoms with Crippen LogP contribution in [0.5, 0.6) is 11.6 Å². The Morgan fingerprint density at radius 3 is 2.33 bits per heavy atom. The number of hydrogen-bond acceptors (Lipinski definition) is 6. The number of halogens is 3. The summed E-state index contributed by atoms with van der Waals surface area (Å²) in [7, 11) is 4.54. The first-order valence-corrected chi connectivity index (χ1v) is 15.0. The molecule has 1 amide bonds. The first-order chi connectivity index (χ1) is 19.6. The van der Waals surface area contributed by atoms with E-state index < -0.39 is 0 Å². The van der Waals surface area contributed by atoms with Crippen LogP contribution in [0.4, 0.5) is 5.82 Å². The van der Waals surface area contributed by atoms with Gasteiger partial charge < -0.3 is 31.8 Å². The van der Waals surface area contributed by atoms with E-state index in [1.165, 1.54) is 0 Å². The van der Waals surface area contributed by atoms with Gasteiger partial charge in [0, 0.05) is 41.7 Å². The van der Waals surface area contributed by atoms with E-state index in [1.807, 2.05) is 30.3 Å². The molecule has 42 heavy (non-hydrogen) atoms. The lowest BCUT2D eigenvalue weighted by Gasteiger charge is -2.39. The zero-order valence-corrected chi connectivity index (χ0v) is 26.7. The van der Waals surface area contributed by atoms with Crippen molar-refractivity contribution in [3.05, 3.63) is 64.3 Å². The summed E-state index contributed by atoms with van der Waals surface area (Å²) < 4.78 is 7.29. The van der Waals surface area contributed by atoms with Crippen molar-refractivity contribution < 1.29 is 26.4 Å². The lowest BCUT2D eigenvalue weighted by Crippen LogP contribution is -3.00. The lowest BCUT2D eigenvalue weighted by atomic mass is 9.96. The van der Waals surface area contributed by atoms with Gasteiger partial charge in [0.2, 0.25) is 11.8 Å². The molecule has 4 heterocycles. The molecule has 3 aromatic rings. The number of benzene rings is 1. The number of aromatic nitrogens is 2. The number of ether oxygens (including phenoxy) is 1. The molecule has 1 N–H and O–H groups in total. The van der Waals surface area contributed by atoms with Gasteiger partial charge in [-0.05, 0) is 73.8 Å². The van der Waals surface area contributed by atoms with Gasteiger partial charge in [-0.2, -0.15) is 0 Å². The Morgan fingerprint density at radius 2 is 1.71 bits per heavy atom. The van der Waals surface area contributed by atoms with Gasteiger partial charge in [0.25, 0.3) is 0 Å². The number of pyridine rings is 2. The van der Waals surface area contributed by atoms with Crippen LogP contribution >= 0.6 is 23.2 Å². The number of nitrogens with zero attached hydrogens (tertiary/aromatic N) is 5. The number of piperazine rings is 1. The van der Waals surface area contributed by atoms with E-state index in [-0.39, 0.29) is 18.3 Å². The molecule has 5 rings (SSSR count). The monoisotopic (exact) mass is 632 g/mol. The minimum atomic E-state index is 0.